The van der Waals surface area contributed by atoms with Gasteiger partial charge >= 0.3 is 11.9 Å². The van der Waals surface area contributed by atoms with Gasteiger partial charge in [-0.3, -0.25) is 14.4 Å². The van der Waals surface area contributed by atoms with Crippen LogP contribution in [-0.4, -0.2) is 113 Å². The highest BCUT2D eigenvalue weighted by molar-refractivity contribution is 6.22. The van der Waals surface area contributed by atoms with Crippen LogP contribution in [0.3, 0.4) is 0 Å². The molecule has 0 unspecified atom stereocenters. The van der Waals surface area contributed by atoms with E-state index in [0.717, 1.165) is 60.7 Å². The summed E-state index contributed by atoms with van der Waals surface area (Å²) >= 11 is 0. The molecule has 0 aliphatic rings. The highest BCUT2D eigenvalue weighted by Gasteiger charge is 2.73. The minimum Gasteiger partial charge on any atom is -0.504 e. The van der Waals surface area contributed by atoms with Crippen molar-refractivity contribution in [2.75, 3.05) is 0 Å². The largest absolute Gasteiger partial charge is 0.504 e. The predicted octanol–water partition coefficient (Wildman–Crippen LogP) is -0.209. The highest BCUT2D eigenvalue weighted by Crippen LogP contribution is 2.37. The Morgan fingerprint density at radius 3 is 1.16 bits per heavy atom. The zero-order valence-electron chi connectivity index (χ0n) is 25.1. The number of phenolic OH excluding ortho intramolecular Hbond substituents is 6. The van der Waals surface area contributed by atoms with Gasteiger partial charge in [-0.15, -0.1) is 0 Å². The first-order chi connectivity index (χ1) is 23.2. The molecule has 0 aliphatic carbocycles. The fraction of sp³-hybridized carbons (Fsp3) is 0.121. The molecular formula is C33H28O17. The van der Waals surface area contributed by atoms with Gasteiger partial charge in [0.05, 0.1) is 0 Å². The van der Waals surface area contributed by atoms with Crippen molar-refractivity contribution in [1.82, 2.24) is 0 Å². The number of hydrogen-bond acceptors (Lipinski definition) is 15. The Hall–Kier alpha value is -6.53. The maximum atomic E-state index is 13.6. The summed E-state index contributed by atoms with van der Waals surface area (Å²) in [6.45, 7) is 0. The molecular weight excluding hydrogens is 668 g/mol. The summed E-state index contributed by atoms with van der Waals surface area (Å²) in [5.74, 6) is -15.9. The smallest absolute Gasteiger partial charge is 0.347 e. The summed E-state index contributed by atoms with van der Waals surface area (Å²) in [7, 11) is 0. The van der Waals surface area contributed by atoms with Gasteiger partial charge in [0.1, 0.15) is 6.10 Å². The summed E-state index contributed by atoms with van der Waals surface area (Å²) < 4.78 is 0. The third-order valence-corrected chi connectivity index (χ3v) is 7.37. The lowest BCUT2D eigenvalue weighted by Crippen LogP contribution is -2.78. The fourth-order valence-corrected chi connectivity index (χ4v) is 4.45. The fourth-order valence-electron chi connectivity index (χ4n) is 4.45. The lowest BCUT2D eigenvalue weighted by Gasteiger charge is -2.43. The van der Waals surface area contributed by atoms with Gasteiger partial charge in [0.2, 0.25) is 17.2 Å². The monoisotopic (exact) mass is 696 g/mol. The van der Waals surface area contributed by atoms with Crippen molar-refractivity contribution in [2.45, 2.75) is 22.9 Å². The number of carbonyl (C=O) groups excluding carboxylic acids is 3. The van der Waals surface area contributed by atoms with Crippen molar-refractivity contribution >= 4 is 47.5 Å². The average molecular weight is 697 g/mol. The second-order valence-corrected chi connectivity index (χ2v) is 10.6. The molecule has 3 aromatic rings. The number of benzene rings is 3. The van der Waals surface area contributed by atoms with Gasteiger partial charge in [0.25, 0.3) is 11.2 Å². The lowest BCUT2D eigenvalue weighted by atomic mass is 9.67. The quantitative estimate of drug-likeness (QED) is 0.0589. The van der Waals surface area contributed by atoms with E-state index in [0.29, 0.717) is 12.2 Å². The van der Waals surface area contributed by atoms with Gasteiger partial charge in [-0.2, -0.15) is 0 Å². The number of hydrogen-bond donors (Lipinski definition) is 12. The van der Waals surface area contributed by atoms with Crippen LogP contribution >= 0.6 is 0 Å². The van der Waals surface area contributed by atoms with Crippen LogP contribution in [0.15, 0.2) is 72.8 Å². The van der Waals surface area contributed by atoms with Gasteiger partial charge in [-0.1, -0.05) is 36.4 Å². The Morgan fingerprint density at radius 2 is 0.840 bits per heavy atom. The van der Waals surface area contributed by atoms with Crippen molar-refractivity contribution < 1.29 is 85.3 Å². The number of aromatic hydroxyl groups is 6. The topological polar surface area (TPSA) is 328 Å². The molecule has 0 aliphatic heterocycles. The molecule has 17 nitrogen and oxygen atoms in total. The maximum absolute atomic E-state index is 13.6. The van der Waals surface area contributed by atoms with Crippen molar-refractivity contribution in [3.63, 3.8) is 0 Å². The van der Waals surface area contributed by atoms with Crippen LogP contribution in [0, 0.1) is 0 Å². The molecule has 3 aromatic carbocycles. The van der Waals surface area contributed by atoms with Crippen LogP contribution in [0.25, 0.3) is 18.2 Å². The molecule has 0 heterocycles. The zero-order valence-corrected chi connectivity index (χ0v) is 25.1. The molecule has 50 heavy (non-hydrogen) atoms. The average Bonchev–Trinajstić information content (AvgIpc) is 3.07. The molecule has 0 aromatic heterocycles. The van der Waals surface area contributed by atoms with Gasteiger partial charge < -0.3 is 61.3 Å². The molecule has 0 bridgehead atoms. The van der Waals surface area contributed by atoms with Crippen molar-refractivity contribution in [2.24, 2.45) is 0 Å². The van der Waals surface area contributed by atoms with Crippen molar-refractivity contribution in [1.29, 1.82) is 0 Å². The normalized spacial score (nSPS) is 16.0. The molecule has 0 saturated heterocycles. The number of ketones is 3. The first-order valence-electron chi connectivity index (χ1n) is 13.8. The maximum Gasteiger partial charge on any atom is 0.347 e. The second-order valence-electron chi connectivity index (χ2n) is 10.6. The van der Waals surface area contributed by atoms with Gasteiger partial charge in [0, 0.05) is 0 Å². The van der Waals surface area contributed by atoms with E-state index in [9.17, 15) is 85.3 Å². The summed E-state index contributed by atoms with van der Waals surface area (Å²) in [6, 6.07) is 8.57. The van der Waals surface area contributed by atoms with E-state index < -0.39 is 86.7 Å². The van der Waals surface area contributed by atoms with Gasteiger partial charge in [-0.05, 0) is 71.3 Å². The number of rotatable bonds is 14. The third-order valence-electron chi connectivity index (χ3n) is 7.37. The van der Waals surface area contributed by atoms with E-state index in [1.54, 1.807) is 0 Å². The number of carboxylic acid groups (broad SMARTS) is 2. The molecule has 3 rings (SSSR count). The molecule has 262 valence electrons. The van der Waals surface area contributed by atoms with Crippen LogP contribution < -0.4 is 0 Å². The Kier molecular flexibility index (Phi) is 10.8. The first kappa shape index (κ1) is 37.9. The minimum atomic E-state index is -4.65. The zero-order chi connectivity index (χ0) is 37.8. The number of phenols is 6. The Labute approximate surface area is 279 Å². The lowest BCUT2D eigenvalue weighted by molar-refractivity contribution is -0.234. The van der Waals surface area contributed by atoms with E-state index >= 15 is 0 Å². The van der Waals surface area contributed by atoms with Crippen LogP contribution in [0.2, 0.25) is 0 Å². The number of aliphatic hydroxyl groups is 4. The van der Waals surface area contributed by atoms with Crippen molar-refractivity contribution in [3.8, 4) is 34.5 Å². The van der Waals surface area contributed by atoms with Crippen molar-refractivity contribution in [3.05, 3.63) is 89.5 Å². The molecule has 0 spiro atoms. The molecule has 0 amide bonds. The molecule has 12 N–H and O–H groups in total. The van der Waals surface area contributed by atoms with Crippen LogP contribution in [-0.2, 0) is 24.0 Å². The Bertz CT molecular complexity index is 1960. The summed E-state index contributed by atoms with van der Waals surface area (Å²) in [5.41, 5.74) is -14.1. The molecule has 4 atom stereocenters. The minimum absolute atomic E-state index is 0.120. The first-order valence-corrected chi connectivity index (χ1v) is 13.8. The van der Waals surface area contributed by atoms with E-state index in [1.807, 2.05) is 0 Å². The summed E-state index contributed by atoms with van der Waals surface area (Å²) in [5, 5.41) is 123. The number of carboxylic acids is 2. The summed E-state index contributed by atoms with van der Waals surface area (Å²) in [4.78, 5) is 65.1. The number of carbonyl (C=O) groups is 5. The SMILES string of the molecule is O=C(O)[C@](O)(C(=O)/C=C/c1ccc(O)c(O)c1)[C@H](O)[C@@](O)(C(=O)/C=C/c1ccc(O)c(O)c1)[C@](O)(C(=O)O)C(=O)/C=C/c1ccc(O)c(O)c1. The molecule has 0 radical (unpaired) electrons. The van der Waals surface area contributed by atoms with Gasteiger partial charge in [-0.25, -0.2) is 9.59 Å². The van der Waals surface area contributed by atoms with E-state index in [-0.39, 0.29) is 34.9 Å². The van der Waals surface area contributed by atoms with E-state index in [2.05, 4.69) is 0 Å². The van der Waals surface area contributed by atoms with Crippen LogP contribution in [0.1, 0.15) is 16.7 Å². The highest BCUT2D eigenvalue weighted by atomic mass is 16.5. The third kappa shape index (κ3) is 7.00. The molecule has 0 saturated carbocycles. The second kappa shape index (κ2) is 14.3. The number of aliphatic carboxylic acids is 2. The standard InChI is InChI=1S/C33H28O17/c34-19-7-1-16(13-22(19)37)4-10-25(40)31(48,29(44)45)28(43)32(49,26(41)11-5-17-2-8-20(35)23(38)14-17)33(50,30(46)47)27(42)12-6-18-3-9-21(36)24(39)15-18/h1-15,28,34-39,43,48-50H,(H,44,45)(H,46,47)/b10-4+,11-5+,12-6+/t28-,31-,32-,33+/m0/s1. The van der Waals surface area contributed by atoms with E-state index in [1.165, 1.54) is 0 Å². The molecule has 0 fully saturated rings. The van der Waals surface area contributed by atoms with E-state index in [4.69, 9.17) is 0 Å². The van der Waals surface area contributed by atoms with Crippen LogP contribution in [0.5, 0.6) is 34.5 Å². The Morgan fingerprint density at radius 1 is 0.500 bits per heavy atom. The summed E-state index contributed by atoms with van der Waals surface area (Å²) in [6.07, 6.45) is -1.12. The predicted molar refractivity (Wildman–Crippen MR) is 168 cm³/mol. The molecule has 17 heteroatoms. The Balaban J connectivity index is 2.25. The number of aliphatic hydroxyl groups excluding tert-OH is 1. The van der Waals surface area contributed by atoms with Crippen LogP contribution in [0.4, 0.5) is 0 Å². The van der Waals surface area contributed by atoms with Gasteiger partial charge in [0.15, 0.2) is 40.3 Å².